The van der Waals surface area contributed by atoms with E-state index >= 15 is 0 Å². The van der Waals surface area contributed by atoms with E-state index in [-0.39, 0.29) is 0 Å². The number of benzene rings is 13. The Morgan fingerprint density at radius 2 is 0.393 bits per heavy atom. The van der Waals surface area contributed by atoms with E-state index in [9.17, 15) is 0 Å². The van der Waals surface area contributed by atoms with Crippen molar-refractivity contribution in [1.29, 1.82) is 0 Å². The van der Waals surface area contributed by atoms with Crippen LogP contribution < -0.4 is 0 Å². The lowest BCUT2D eigenvalue weighted by Crippen LogP contribution is -1.93. The minimum Gasteiger partial charge on any atom is -0.309 e. The van der Waals surface area contributed by atoms with Crippen molar-refractivity contribution in [3.05, 3.63) is 445 Å². The van der Waals surface area contributed by atoms with E-state index in [1.54, 1.807) is 12.7 Å². The number of pyridine rings is 5. The van der Waals surface area contributed by atoms with Gasteiger partial charge in [-0.2, -0.15) is 0 Å². The predicted molar refractivity (Wildman–Crippen MR) is 498 cm³/mol. The van der Waals surface area contributed by atoms with E-state index in [1.807, 2.05) is 98.9 Å². The molecule has 0 radical (unpaired) electrons. The molecule has 11 nitrogen and oxygen atoms in total. The highest BCUT2D eigenvalue weighted by atomic mass is 15.0. The molecule has 0 fully saturated rings. The second-order valence-corrected chi connectivity index (χ2v) is 30.5. The lowest BCUT2D eigenvalue weighted by molar-refractivity contribution is 1.17. The van der Waals surface area contributed by atoms with Crippen LogP contribution in [0.3, 0.4) is 0 Å². The largest absolute Gasteiger partial charge is 0.309 e. The summed E-state index contributed by atoms with van der Waals surface area (Å²) < 4.78 is 4.69. The van der Waals surface area contributed by atoms with Gasteiger partial charge < -0.3 is 9.13 Å². The second kappa shape index (κ2) is 32.5. The maximum absolute atomic E-state index is 4.60. The lowest BCUT2D eigenvalue weighted by atomic mass is 9.90. The molecule has 0 aliphatic carbocycles. The van der Waals surface area contributed by atoms with Crippen molar-refractivity contribution in [3.8, 4) is 167 Å². The van der Waals surface area contributed by atoms with E-state index < -0.39 is 0 Å². The van der Waals surface area contributed by atoms with Crippen LogP contribution >= 0.6 is 0 Å². The monoisotopic (exact) mass is 1560 g/mol. The highest BCUT2D eigenvalue weighted by molar-refractivity contribution is 6.12. The summed E-state index contributed by atoms with van der Waals surface area (Å²) in [7, 11) is 0. The van der Waals surface area contributed by atoms with Gasteiger partial charge in [0.2, 0.25) is 0 Å². The van der Waals surface area contributed by atoms with Crippen molar-refractivity contribution < 1.29 is 0 Å². The van der Waals surface area contributed by atoms with Gasteiger partial charge in [0.1, 0.15) is 12.7 Å². The zero-order valence-electron chi connectivity index (χ0n) is 66.1. The van der Waals surface area contributed by atoms with E-state index in [0.717, 1.165) is 184 Å². The van der Waals surface area contributed by atoms with E-state index in [0.29, 0.717) is 0 Å². The van der Waals surface area contributed by atoms with Gasteiger partial charge in [-0.15, -0.1) is 0 Å². The summed E-state index contributed by atoms with van der Waals surface area (Å²) in [6, 6.07) is 125. The molecule has 0 amide bonds. The minimum absolute atomic E-state index is 0.924. The second-order valence-electron chi connectivity index (χ2n) is 30.5. The van der Waals surface area contributed by atoms with Crippen LogP contribution in [0.2, 0.25) is 0 Å². The first-order valence-corrected chi connectivity index (χ1v) is 40.6. The number of aromatic nitrogens is 11. The van der Waals surface area contributed by atoms with E-state index in [4.69, 9.17) is 0 Å². The molecular formula is C111H73N11. The standard InChI is InChI=1S/C57H38N4.C54H35N7/c1-2-20-53(21-3-1)61-56-23-22-47(35-54(56)55-38-60-27-24-57(55)61)52-33-50(45-16-6-12-41(30-45)39-10-4-14-43(28-39)48-18-8-25-58-36-48)32-51(34-52)46-17-7-13-42(31-46)40-11-5-15-44(29-40)49-19-9-26-59-37-49;1-2-12-50(13-3-1)61-53-15-5-4-14-51(53)52-25-40(16-17-54(52)61)43-21-41(36-8-6-10-38(18-36)44-23-46(28-55-26-44)48-30-57-34-58-31-48)20-42(22-43)37-9-7-11-39(19-37)45-24-47(29-56-27-45)49-32-59-35-60-33-49/h1-38H;1-35H. The average molecular weight is 1560 g/mol. The quantitative estimate of drug-likeness (QED) is 0.0929. The van der Waals surface area contributed by atoms with Gasteiger partial charge in [-0.05, 0) is 269 Å². The van der Waals surface area contributed by atoms with Gasteiger partial charge in [-0.25, -0.2) is 19.9 Å². The molecule has 0 saturated carbocycles. The molecule has 0 atom stereocenters. The van der Waals surface area contributed by atoms with Crippen molar-refractivity contribution in [2.45, 2.75) is 0 Å². The first-order valence-electron chi connectivity index (χ1n) is 40.6. The van der Waals surface area contributed by atoms with Crippen LogP contribution in [-0.2, 0) is 0 Å². The summed E-state index contributed by atoms with van der Waals surface area (Å²) in [5.74, 6) is 0. The van der Waals surface area contributed by atoms with Crippen LogP contribution in [0.4, 0.5) is 0 Å². The smallest absolute Gasteiger partial charge is 0.115 e. The molecule has 0 bridgehead atoms. The SMILES string of the molecule is c1ccc(-n2c3ccccc3c3cc(-c4cc(-c5cccc(-c6cncc(-c7cncnc7)c6)c5)cc(-c5cccc(-c6cncc(-c7cncnc7)c6)c5)c4)ccc32)cc1.c1ccc(-n2c3ccncc3c3cc(-c4cc(-c5cccc(-c6cccc(-c7cccnc7)c6)c5)cc(-c5cccc(-c6cccc(-c7cccnc7)c6)c5)c4)ccc32)cc1. The zero-order chi connectivity index (χ0) is 81.1. The number of hydrogen-bond donors (Lipinski definition) is 0. The lowest BCUT2D eigenvalue weighted by Gasteiger charge is -2.14. The van der Waals surface area contributed by atoms with Crippen LogP contribution in [0.1, 0.15) is 0 Å². The molecule has 11 heteroatoms. The molecule has 13 aromatic carbocycles. The molecule has 0 spiro atoms. The highest BCUT2D eigenvalue weighted by Crippen LogP contribution is 2.44. The molecular weight excluding hydrogens is 1490 g/mol. The Bertz CT molecular complexity index is 6880. The highest BCUT2D eigenvalue weighted by Gasteiger charge is 2.20. The fourth-order valence-corrected chi connectivity index (χ4v) is 16.9. The minimum atomic E-state index is 0.924. The number of fused-ring (bicyclic) bond motifs is 6. The third-order valence-electron chi connectivity index (χ3n) is 22.9. The summed E-state index contributed by atoms with van der Waals surface area (Å²) in [6.07, 6.45) is 29.2. The van der Waals surface area contributed by atoms with Crippen LogP contribution in [0.5, 0.6) is 0 Å². The van der Waals surface area contributed by atoms with Gasteiger partial charge in [0.25, 0.3) is 0 Å². The van der Waals surface area contributed by atoms with Gasteiger partial charge in [-0.3, -0.25) is 24.9 Å². The first-order chi connectivity index (χ1) is 60.4. The molecule has 9 heterocycles. The third-order valence-corrected chi connectivity index (χ3v) is 22.9. The molecule has 0 aliphatic heterocycles. The molecule has 122 heavy (non-hydrogen) atoms. The third kappa shape index (κ3) is 14.7. The van der Waals surface area contributed by atoms with Gasteiger partial charge in [0, 0.05) is 164 Å². The number of rotatable bonds is 16. The van der Waals surface area contributed by atoms with Crippen molar-refractivity contribution in [2.75, 3.05) is 0 Å². The predicted octanol–water partition coefficient (Wildman–Crippen LogP) is 27.5. The average Bonchev–Trinajstić information content (AvgIpc) is 1.60. The summed E-state index contributed by atoms with van der Waals surface area (Å²) >= 11 is 0. The maximum Gasteiger partial charge on any atom is 0.115 e. The molecule has 9 aromatic heterocycles. The van der Waals surface area contributed by atoms with Crippen LogP contribution in [0.15, 0.2) is 445 Å². The Morgan fingerprint density at radius 3 is 0.770 bits per heavy atom. The normalized spacial score (nSPS) is 11.3. The molecule has 0 unspecified atom stereocenters. The van der Waals surface area contributed by atoms with Crippen molar-refractivity contribution in [3.63, 3.8) is 0 Å². The van der Waals surface area contributed by atoms with Gasteiger partial charge in [-0.1, -0.05) is 188 Å². The Kier molecular flexibility index (Phi) is 19.4. The molecule has 0 saturated heterocycles. The number of hydrogen-bond acceptors (Lipinski definition) is 9. The topological polar surface area (TPSA) is 126 Å². The van der Waals surface area contributed by atoms with Gasteiger partial charge in [0.15, 0.2) is 0 Å². The molecule has 22 rings (SSSR count). The van der Waals surface area contributed by atoms with E-state index in [1.165, 1.54) is 27.2 Å². The Labute approximate surface area is 705 Å². The molecule has 0 N–H and O–H groups in total. The van der Waals surface area contributed by atoms with E-state index in [2.05, 4.69) is 388 Å². The summed E-state index contributed by atoms with van der Waals surface area (Å²) in [4.78, 5) is 39.4. The van der Waals surface area contributed by atoms with Crippen molar-refractivity contribution >= 4 is 43.6 Å². The molecule has 572 valence electrons. The Hall–Kier alpha value is -16.6. The summed E-state index contributed by atoms with van der Waals surface area (Å²) in [5.41, 5.74) is 37.6. The number of nitrogens with zero attached hydrogens (tertiary/aromatic N) is 11. The first kappa shape index (κ1) is 73.0. The van der Waals surface area contributed by atoms with Crippen molar-refractivity contribution in [1.82, 2.24) is 54.0 Å². The number of para-hydroxylation sites is 3. The molecule has 22 aromatic rings. The fourth-order valence-electron chi connectivity index (χ4n) is 16.9. The van der Waals surface area contributed by atoms with Gasteiger partial charge >= 0.3 is 0 Å². The van der Waals surface area contributed by atoms with Gasteiger partial charge in [0.05, 0.1) is 22.1 Å². The Morgan fingerprint density at radius 1 is 0.131 bits per heavy atom. The van der Waals surface area contributed by atoms with Crippen LogP contribution in [-0.4, -0.2) is 54.0 Å². The summed E-state index contributed by atoms with van der Waals surface area (Å²) in [6.45, 7) is 0. The zero-order valence-corrected chi connectivity index (χ0v) is 66.1. The van der Waals surface area contributed by atoms with Crippen molar-refractivity contribution in [2.24, 2.45) is 0 Å². The fraction of sp³-hybridized carbons (Fsp3) is 0. The maximum atomic E-state index is 4.60. The van der Waals surface area contributed by atoms with Crippen LogP contribution in [0, 0.1) is 0 Å². The Balaban J connectivity index is 0.000000150. The van der Waals surface area contributed by atoms with Crippen LogP contribution in [0.25, 0.3) is 211 Å². The molecule has 0 aliphatic rings. The summed E-state index contributed by atoms with van der Waals surface area (Å²) in [5, 5.41) is 4.72.